The molecule has 49 heavy (non-hydrogen) atoms. The molecule has 2 aromatic carbocycles. The Labute approximate surface area is 304 Å². The van der Waals surface area contributed by atoms with Gasteiger partial charge in [0.15, 0.2) is 0 Å². The summed E-state index contributed by atoms with van der Waals surface area (Å²) in [6, 6.07) is 5.44. The Morgan fingerprint density at radius 1 is 0.755 bits per heavy atom. The average molecular weight is 822 g/mol. The monoisotopic (exact) mass is 819 g/mol. The topological polar surface area (TPSA) is 141 Å². The maximum absolute atomic E-state index is 12.6. The fraction of sp³-hybridized carbons (Fsp3) is 0.529. The normalized spacial score (nSPS) is 16.9. The Morgan fingerprint density at radius 2 is 1.14 bits per heavy atom. The molecule has 4 rings (SSSR count). The third-order valence-corrected chi connectivity index (χ3v) is 8.79. The van der Waals surface area contributed by atoms with Crippen molar-refractivity contribution in [3.63, 3.8) is 0 Å². The minimum Gasteiger partial charge on any atom is -0.508 e. The van der Waals surface area contributed by atoms with Gasteiger partial charge in [-0.25, -0.2) is 19.2 Å². The number of rotatable bonds is 3. The lowest BCUT2D eigenvalue weighted by atomic mass is 9.93. The molecule has 2 aliphatic rings. The quantitative estimate of drug-likeness (QED) is 0.258. The molecule has 2 amide bonds. The lowest BCUT2D eigenvalue weighted by molar-refractivity contribution is -0.148. The molecule has 0 radical (unpaired) electrons. The van der Waals surface area contributed by atoms with E-state index in [1.165, 1.54) is 24.0 Å². The second kappa shape index (κ2) is 17.4. The predicted octanol–water partition coefficient (Wildman–Crippen LogP) is 6.87. The molecular formula is C34H45Br2FN2O10. The largest absolute Gasteiger partial charge is 0.508 e. The molecule has 2 atom stereocenters. The fourth-order valence-corrected chi connectivity index (χ4v) is 6.23. The molecule has 12 nitrogen and oxygen atoms in total. The third kappa shape index (κ3) is 10.7. The number of nitrogens with zero attached hydrogens (tertiary/aromatic N) is 2. The molecule has 2 heterocycles. The predicted molar refractivity (Wildman–Crippen MR) is 186 cm³/mol. The van der Waals surface area contributed by atoms with E-state index in [2.05, 4.69) is 31.9 Å². The minimum atomic E-state index is -1.00. The van der Waals surface area contributed by atoms with Crippen molar-refractivity contribution in [1.29, 1.82) is 0 Å². The van der Waals surface area contributed by atoms with Gasteiger partial charge in [-0.2, -0.15) is 0 Å². The van der Waals surface area contributed by atoms with Gasteiger partial charge in [-0.05, 0) is 76.9 Å². The number of amides is 2. The van der Waals surface area contributed by atoms with Crippen molar-refractivity contribution in [2.75, 3.05) is 28.5 Å². The van der Waals surface area contributed by atoms with E-state index in [1.807, 2.05) is 12.1 Å². The second-order valence-electron chi connectivity index (χ2n) is 12.9. The van der Waals surface area contributed by atoms with Gasteiger partial charge in [-0.3, -0.25) is 14.2 Å². The van der Waals surface area contributed by atoms with Crippen LogP contribution in [0.2, 0.25) is 0 Å². The van der Waals surface area contributed by atoms with Gasteiger partial charge in [0.25, 0.3) is 0 Å². The van der Waals surface area contributed by atoms with Crippen LogP contribution in [0.25, 0.3) is 0 Å². The van der Waals surface area contributed by atoms with Gasteiger partial charge in [0.05, 0.1) is 42.9 Å². The molecule has 15 heteroatoms. The van der Waals surface area contributed by atoms with Gasteiger partial charge < -0.3 is 28.8 Å². The Hall–Kier alpha value is -3.59. The van der Waals surface area contributed by atoms with Gasteiger partial charge in [0.1, 0.15) is 34.8 Å². The van der Waals surface area contributed by atoms with E-state index < -0.39 is 54.6 Å². The first-order valence-electron chi connectivity index (χ1n) is 15.8. The molecular weight excluding hydrogens is 775 g/mol. The number of aromatic hydroxyl groups is 1. The number of carbonyl (C=O) groups is 4. The summed E-state index contributed by atoms with van der Waals surface area (Å²) in [5.41, 5.74) is 1.85. The molecule has 0 aromatic heterocycles. The van der Waals surface area contributed by atoms with Crippen LogP contribution in [-0.2, 0) is 54.5 Å². The van der Waals surface area contributed by atoms with Gasteiger partial charge in [0.2, 0.25) is 0 Å². The number of ether oxygens (including phenoxy) is 5. The second-order valence-corrected chi connectivity index (χ2v) is 14.6. The van der Waals surface area contributed by atoms with Crippen LogP contribution in [0.1, 0.15) is 65.2 Å². The molecule has 2 aromatic rings. The zero-order chi connectivity index (χ0) is 38.1. The van der Waals surface area contributed by atoms with Crippen molar-refractivity contribution in [2.24, 2.45) is 0 Å². The number of phenolic OH excluding ortho intramolecular Hbond substituents is 1. The van der Waals surface area contributed by atoms with Crippen molar-refractivity contribution in [2.45, 2.75) is 90.8 Å². The maximum Gasteiger partial charge on any atom is 0.411 e. The molecule has 2 unspecified atom stereocenters. The first-order valence-corrected chi connectivity index (χ1v) is 16.7. The van der Waals surface area contributed by atoms with E-state index in [9.17, 15) is 28.7 Å². The van der Waals surface area contributed by atoms with Crippen molar-refractivity contribution in [3.05, 3.63) is 55.5 Å². The van der Waals surface area contributed by atoms with Crippen molar-refractivity contribution < 1.29 is 53.7 Å². The maximum atomic E-state index is 12.6. The van der Waals surface area contributed by atoms with Gasteiger partial charge in [-0.1, -0.05) is 31.9 Å². The molecule has 0 bridgehead atoms. The van der Waals surface area contributed by atoms with Crippen LogP contribution in [0.15, 0.2) is 33.2 Å². The highest BCUT2D eigenvalue weighted by atomic mass is 79.9. The number of methoxy groups -OCH3 is 3. The first kappa shape index (κ1) is 39.8. The van der Waals surface area contributed by atoms with Crippen LogP contribution in [0.3, 0.4) is 0 Å². The Kier molecular flexibility index (Phi) is 14.1. The SMILES string of the molecule is COC(=O)C1Cc2c(Br)ccc(O)c2CN1C(=O)OC(C)(C)C.COC(=O)C1Cc2c(Br)ccc(OC)c2CN1C(=O)OC(C)(C)C.[2H]CF. The molecule has 0 spiro atoms. The summed E-state index contributed by atoms with van der Waals surface area (Å²) < 4.78 is 43.1. The van der Waals surface area contributed by atoms with Crippen LogP contribution in [0.5, 0.6) is 11.5 Å². The van der Waals surface area contributed by atoms with Gasteiger partial charge >= 0.3 is 24.1 Å². The van der Waals surface area contributed by atoms with Crippen molar-refractivity contribution in [3.8, 4) is 11.5 Å². The Bertz CT molecular complexity index is 1550. The molecule has 272 valence electrons. The molecule has 0 fully saturated rings. The number of hydrogen-bond acceptors (Lipinski definition) is 10. The number of alkyl halides is 1. The van der Waals surface area contributed by atoms with E-state index in [0.717, 1.165) is 25.6 Å². The highest BCUT2D eigenvalue weighted by Crippen LogP contribution is 2.37. The Morgan fingerprint density at radius 3 is 1.53 bits per heavy atom. The van der Waals surface area contributed by atoms with Crippen LogP contribution >= 0.6 is 31.9 Å². The number of esters is 2. The highest BCUT2D eigenvalue weighted by molar-refractivity contribution is 9.10. The van der Waals surface area contributed by atoms with Crippen LogP contribution in [0, 0.1) is 0 Å². The fourth-order valence-electron chi connectivity index (χ4n) is 5.16. The number of halogens is 3. The zero-order valence-electron chi connectivity index (χ0n) is 30.1. The standard InChI is InChI=1S/C17H22BrNO5.C16H20BrNO5.CH3F/c1-17(2,3)24-16(21)19-9-11-10(8-13(19)15(20)23-5)12(18)6-7-14(11)22-4;1-16(2,3)23-15(21)18-8-10-9(7-12(18)14(20)22-4)11(17)5-6-13(10)19;1-2/h6-7,13H,8-9H2,1-5H3;5-6,12,19H,7-8H2,1-4H3;1H3/i;;1D. The third-order valence-electron chi connectivity index (χ3n) is 7.31. The molecule has 0 saturated carbocycles. The summed E-state index contributed by atoms with van der Waals surface area (Å²) in [7, 11) is 3.17. The minimum absolute atomic E-state index is 0.0787. The molecule has 0 aliphatic carbocycles. The molecule has 0 saturated heterocycles. The number of benzene rings is 2. The summed E-state index contributed by atoms with van der Waals surface area (Å²) in [6.07, 6.45) is -0.585. The first-order chi connectivity index (χ1) is 23.2. The van der Waals surface area contributed by atoms with E-state index in [-0.39, 0.29) is 25.3 Å². The summed E-state index contributed by atoms with van der Waals surface area (Å²) >= 11 is 6.93. The van der Waals surface area contributed by atoms with Crippen LogP contribution in [-0.4, -0.2) is 90.8 Å². The number of phenols is 1. The lowest BCUT2D eigenvalue weighted by Gasteiger charge is -2.37. The molecule has 1 N–H and O–H groups in total. The van der Waals surface area contributed by atoms with Crippen molar-refractivity contribution in [1.82, 2.24) is 9.80 Å². The lowest BCUT2D eigenvalue weighted by Crippen LogP contribution is -2.50. The average Bonchev–Trinajstić information content (AvgIpc) is 3.04. The van der Waals surface area contributed by atoms with Gasteiger partial charge in [-0.15, -0.1) is 0 Å². The zero-order valence-corrected chi connectivity index (χ0v) is 32.3. The summed E-state index contributed by atoms with van der Waals surface area (Å²) in [5.74, 6) is -0.233. The van der Waals surface area contributed by atoms with E-state index in [4.69, 9.17) is 25.1 Å². The number of carbonyl (C=O) groups excluding carboxylic acids is 4. The highest BCUT2D eigenvalue weighted by Gasteiger charge is 2.41. The van der Waals surface area contributed by atoms with E-state index in [0.29, 0.717) is 17.7 Å². The van der Waals surface area contributed by atoms with Crippen LogP contribution in [0.4, 0.5) is 14.0 Å². The summed E-state index contributed by atoms with van der Waals surface area (Å²) in [5, 5.41) is 10.1. The Balaban J connectivity index is 0.000000322. The van der Waals surface area contributed by atoms with E-state index >= 15 is 0 Å². The number of hydrogen-bond donors (Lipinski definition) is 1. The van der Waals surface area contributed by atoms with Crippen LogP contribution < -0.4 is 4.74 Å². The number of fused-ring (bicyclic) bond motifs is 2. The van der Waals surface area contributed by atoms with Crippen molar-refractivity contribution >= 4 is 56.0 Å². The summed E-state index contributed by atoms with van der Waals surface area (Å²) in [6.45, 7) is 10.9. The van der Waals surface area contributed by atoms with E-state index in [1.54, 1.807) is 60.8 Å². The summed E-state index contributed by atoms with van der Waals surface area (Å²) in [4.78, 5) is 52.0. The smallest absolute Gasteiger partial charge is 0.411 e. The molecule has 2 aliphatic heterocycles. The van der Waals surface area contributed by atoms with Gasteiger partial charge in [0, 0.05) is 32.9 Å².